The maximum atomic E-state index is 11.2. The van der Waals surface area contributed by atoms with Gasteiger partial charge in [0, 0.05) is 11.6 Å². The monoisotopic (exact) mass is 326 g/mol. The van der Waals surface area contributed by atoms with Gasteiger partial charge in [-0.05, 0) is 36.6 Å². The largest absolute Gasteiger partial charge is 0.513 e. The highest BCUT2D eigenvalue weighted by Crippen LogP contribution is 2.46. The van der Waals surface area contributed by atoms with E-state index in [4.69, 9.17) is 14.2 Å². The number of rotatable bonds is 1. The number of aryl methyl sites for hydroxylation is 1. The van der Waals surface area contributed by atoms with Crippen LogP contribution in [0.15, 0.2) is 36.4 Å². The van der Waals surface area contributed by atoms with Crippen LogP contribution in [0.4, 0.5) is 4.79 Å². The van der Waals surface area contributed by atoms with Crippen molar-refractivity contribution in [1.82, 2.24) is 0 Å². The minimum Gasteiger partial charge on any atom is -0.492 e. The summed E-state index contributed by atoms with van der Waals surface area (Å²) in [6, 6.07) is 11.7. The lowest BCUT2D eigenvalue weighted by atomic mass is 9.76. The maximum absolute atomic E-state index is 11.2. The molecule has 2 aliphatic rings. The lowest BCUT2D eigenvalue weighted by molar-refractivity contribution is 0.121. The Balaban J connectivity index is 1.64. The van der Waals surface area contributed by atoms with Gasteiger partial charge in [-0.2, -0.15) is 0 Å². The third kappa shape index (κ3) is 2.37. The minimum absolute atomic E-state index is 0.193. The third-order valence-corrected chi connectivity index (χ3v) is 4.65. The van der Waals surface area contributed by atoms with Gasteiger partial charge in [-0.25, -0.2) is 4.79 Å². The van der Waals surface area contributed by atoms with Crippen molar-refractivity contribution in [2.45, 2.75) is 18.8 Å². The molecule has 124 valence electrons. The van der Waals surface area contributed by atoms with Crippen molar-refractivity contribution in [3.8, 4) is 17.2 Å². The second-order valence-electron chi connectivity index (χ2n) is 6.36. The highest BCUT2D eigenvalue weighted by atomic mass is 16.7. The van der Waals surface area contributed by atoms with Gasteiger partial charge in [0.05, 0.1) is 12.5 Å². The second kappa shape index (κ2) is 5.44. The van der Waals surface area contributed by atoms with E-state index in [9.17, 15) is 4.79 Å². The summed E-state index contributed by atoms with van der Waals surface area (Å²) < 4.78 is 21.5. The fourth-order valence-electron chi connectivity index (χ4n) is 3.39. The fraction of sp³-hybridized carbons (Fsp3) is 0.316. The molecule has 2 heterocycles. The lowest BCUT2D eigenvalue weighted by Crippen LogP contribution is -2.40. The molecule has 0 saturated heterocycles. The van der Waals surface area contributed by atoms with Crippen molar-refractivity contribution >= 4 is 6.16 Å². The van der Waals surface area contributed by atoms with Gasteiger partial charge in [0.1, 0.15) is 30.5 Å². The van der Waals surface area contributed by atoms with Crippen LogP contribution in [0.2, 0.25) is 0 Å². The Labute approximate surface area is 140 Å². The average Bonchev–Trinajstić information content (AvgIpc) is 2.93. The number of ether oxygens (including phenoxy) is 4. The predicted octanol–water partition coefficient (Wildman–Crippen LogP) is 3.41. The van der Waals surface area contributed by atoms with Gasteiger partial charge in [-0.15, -0.1) is 0 Å². The number of hydrogen-bond donors (Lipinski definition) is 0. The molecule has 0 saturated carbocycles. The zero-order chi connectivity index (χ0) is 16.7. The lowest BCUT2D eigenvalue weighted by Gasteiger charge is -2.33. The van der Waals surface area contributed by atoms with Crippen molar-refractivity contribution in [1.29, 1.82) is 0 Å². The smallest absolute Gasteiger partial charge is 0.492 e. The summed E-state index contributed by atoms with van der Waals surface area (Å²) in [6.45, 7) is 3.19. The van der Waals surface area contributed by atoms with Crippen LogP contribution < -0.4 is 14.2 Å². The van der Waals surface area contributed by atoms with E-state index in [0.29, 0.717) is 19.0 Å². The van der Waals surface area contributed by atoms with Crippen molar-refractivity contribution < 1.29 is 23.7 Å². The quantitative estimate of drug-likeness (QED) is 0.594. The van der Waals surface area contributed by atoms with Crippen LogP contribution in [-0.4, -0.2) is 26.5 Å². The number of hydrogen-bond acceptors (Lipinski definition) is 5. The molecule has 0 aromatic heterocycles. The molecule has 4 rings (SSSR count). The number of benzene rings is 2. The summed E-state index contributed by atoms with van der Waals surface area (Å²) in [5.41, 5.74) is 3.28. The summed E-state index contributed by atoms with van der Waals surface area (Å²) in [4.78, 5) is 11.2. The molecule has 0 amide bonds. The molecule has 5 nitrogen and oxygen atoms in total. The molecular weight excluding hydrogens is 308 g/mol. The Morgan fingerprint density at radius 2 is 1.88 bits per heavy atom. The van der Waals surface area contributed by atoms with Crippen molar-refractivity contribution in [2.75, 3.05) is 20.3 Å². The zero-order valence-corrected chi connectivity index (χ0v) is 13.6. The van der Waals surface area contributed by atoms with E-state index in [-0.39, 0.29) is 5.41 Å². The molecular formula is C19H18O5. The van der Waals surface area contributed by atoms with E-state index in [2.05, 4.69) is 29.9 Å². The number of methoxy groups -OCH3 is 1. The Morgan fingerprint density at radius 3 is 2.67 bits per heavy atom. The molecule has 0 radical (unpaired) electrons. The topological polar surface area (TPSA) is 54.0 Å². The van der Waals surface area contributed by atoms with E-state index in [0.717, 1.165) is 23.5 Å². The highest BCUT2D eigenvalue weighted by Gasteiger charge is 2.44. The first-order valence-corrected chi connectivity index (χ1v) is 7.85. The van der Waals surface area contributed by atoms with E-state index < -0.39 is 6.16 Å². The third-order valence-electron chi connectivity index (χ3n) is 4.65. The summed E-state index contributed by atoms with van der Waals surface area (Å²) in [5.74, 6) is 2.10. The van der Waals surface area contributed by atoms with Gasteiger partial charge in [0.2, 0.25) is 0 Å². The molecule has 1 spiro atoms. The van der Waals surface area contributed by atoms with E-state index >= 15 is 0 Å². The first-order valence-electron chi connectivity index (χ1n) is 7.85. The Kier molecular flexibility index (Phi) is 3.37. The molecule has 0 bridgehead atoms. The van der Waals surface area contributed by atoms with Crippen LogP contribution in [0, 0.1) is 6.92 Å². The molecule has 0 N–H and O–H groups in total. The maximum Gasteiger partial charge on any atom is 0.513 e. The first kappa shape index (κ1) is 14.9. The minimum atomic E-state index is -0.743. The summed E-state index contributed by atoms with van der Waals surface area (Å²) in [6.07, 6.45) is 0.125. The normalized spacial score (nSPS) is 20.6. The second-order valence-corrected chi connectivity index (χ2v) is 6.36. The molecule has 1 atom stereocenters. The van der Waals surface area contributed by atoms with E-state index in [1.807, 2.05) is 6.07 Å². The SMILES string of the molecule is COC(=O)Oc1ccc2c(c1)OCC21COc2cc(C)ccc2C1. The summed E-state index contributed by atoms with van der Waals surface area (Å²) in [7, 11) is 1.28. The molecule has 2 aromatic carbocycles. The summed E-state index contributed by atoms with van der Waals surface area (Å²) in [5, 5.41) is 0. The molecule has 1 unspecified atom stereocenters. The van der Waals surface area contributed by atoms with Gasteiger partial charge in [0.15, 0.2) is 0 Å². The van der Waals surface area contributed by atoms with Gasteiger partial charge in [0.25, 0.3) is 0 Å². The fourth-order valence-corrected chi connectivity index (χ4v) is 3.39. The molecule has 0 fully saturated rings. The number of carbonyl (C=O) groups excluding carboxylic acids is 1. The Hall–Kier alpha value is -2.69. The molecule has 24 heavy (non-hydrogen) atoms. The van der Waals surface area contributed by atoms with Crippen molar-refractivity contribution in [3.05, 3.63) is 53.1 Å². The van der Waals surface area contributed by atoms with Crippen LogP contribution in [0.3, 0.4) is 0 Å². The van der Waals surface area contributed by atoms with E-state index in [1.54, 1.807) is 12.1 Å². The Bertz CT molecular complexity index is 813. The molecule has 2 aliphatic heterocycles. The highest BCUT2D eigenvalue weighted by molar-refractivity contribution is 5.64. The van der Waals surface area contributed by atoms with Crippen LogP contribution in [0.5, 0.6) is 17.2 Å². The standard InChI is InChI=1S/C19H18O5/c1-12-3-4-13-9-19(10-22-16(13)7-12)11-23-17-8-14(5-6-15(17)19)24-18(20)21-2/h3-8H,9-11H2,1-2H3. The van der Waals surface area contributed by atoms with Gasteiger partial charge < -0.3 is 18.9 Å². The van der Waals surface area contributed by atoms with E-state index in [1.165, 1.54) is 18.2 Å². The van der Waals surface area contributed by atoms with Gasteiger partial charge in [-0.3, -0.25) is 0 Å². The number of carbonyl (C=O) groups is 1. The van der Waals surface area contributed by atoms with Crippen LogP contribution in [0.1, 0.15) is 16.7 Å². The molecule has 5 heteroatoms. The van der Waals surface area contributed by atoms with Gasteiger partial charge >= 0.3 is 6.16 Å². The average molecular weight is 326 g/mol. The predicted molar refractivity (Wildman–Crippen MR) is 87.0 cm³/mol. The Morgan fingerprint density at radius 1 is 1.08 bits per heavy atom. The first-order chi connectivity index (χ1) is 11.6. The zero-order valence-electron chi connectivity index (χ0n) is 13.6. The molecule has 2 aromatic rings. The van der Waals surface area contributed by atoms with Crippen molar-refractivity contribution in [2.24, 2.45) is 0 Å². The number of fused-ring (bicyclic) bond motifs is 3. The molecule has 0 aliphatic carbocycles. The van der Waals surface area contributed by atoms with Crippen LogP contribution in [-0.2, 0) is 16.6 Å². The van der Waals surface area contributed by atoms with Crippen LogP contribution in [0.25, 0.3) is 0 Å². The van der Waals surface area contributed by atoms with Gasteiger partial charge in [-0.1, -0.05) is 18.2 Å². The van der Waals surface area contributed by atoms with Crippen molar-refractivity contribution in [3.63, 3.8) is 0 Å². The summed E-state index contributed by atoms with van der Waals surface area (Å²) >= 11 is 0. The van der Waals surface area contributed by atoms with Crippen LogP contribution >= 0.6 is 0 Å².